The Labute approximate surface area is 99.6 Å². The minimum absolute atomic E-state index is 0.381. The van der Waals surface area contributed by atoms with Crippen LogP contribution >= 0.6 is 0 Å². The van der Waals surface area contributed by atoms with E-state index >= 15 is 0 Å². The summed E-state index contributed by atoms with van der Waals surface area (Å²) in [5.41, 5.74) is 1.03. The molecule has 0 heterocycles. The molecular weight excluding hydrogens is 196 g/mol. The Bertz CT molecular complexity index is 330. The summed E-state index contributed by atoms with van der Waals surface area (Å²) < 4.78 is 0. The lowest BCUT2D eigenvalue weighted by molar-refractivity contribution is -0.122. The van der Waals surface area contributed by atoms with Crippen molar-refractivity contribution < 1.29 is 5.11 Å². The van der Waals surface area contributed by atoms with Gasteiger partial charge in [-0.25, -0.2) is 0 Å². The molecule has 92 valence electrons. The quantitative estimate of drug-likeness (QED) is 0.662. The summed E-state index contributed by atoms with van der Waals surface area (Å²) in [6.45, 7) is 9.48. The lowest BCUT2D eigenvalue weighted by atomic mass is 9.48. The molecular formula is C15H26O. The van der Waals surface area contributed by atoms with Crippen LogP contribution in [0.2, 0.25) is 0 Å². The van der Waals surface area contributed by atoms with Gasteiger partial charge in [0.2, 0.25) is 0 Å². The highest BCUT2D eigenvalue weighted by Gasteiger charge is 2.77. The van der Waals surface area contributed by atoms with E-state index in [0.717, 1.165) is 6.42 Å². The van der Waals surface area contributed by atoms with Crippen LogP contribution in [0.25, 0.3) is 0 Å². The van der Waals surface area contributed by atoms with Gasteiger partial charge < -0.3 is 5.11 Å². The number of hydrogen-bond acceptors (Lipinski definition) is 1. The molecule has 1 nitrogen and oxygen atoms in total. The summed E-state index contributed by atoms with van der Waals surface area (Å²) in [4.78, 5) is 0. The van der Waals surface area contributed by atoms with Gasteiger partial charge in [-0.2, -0.15) is 0 Å². The van der Waals surface area contributed by atoms with Gasteiger partial charge in [-0.05, 0) is 61.2 Å². The van der Waals surface area contributed by atoms with E-state index in [-0.39, 0.29) is 5.60 Å². The molecule has 16 heavy (non-hydrogen) atoms. The molecule has 0 amide bonds. The van der Waals surface area contributed by atoms with Crippen molar-refractivity contribution in [2.75, 3.05) is 0 Å². The molecule has 0 saturated heterocycles. The monoisotopic (exact) mass is 222 g/mol. The maximum atomic E-state index is 10.6. The summed E-state index contributed by atoms with van der Waals surface area (Å²) in [5.74, 6) is 0.578. The van der Waals surface area contributed by atoms with Crippen LogP contribution in [0, 0.1) is 22.2 Å². The third kappa shape index (κ3) is 1.02. The highest BCUT2D eigenvalue weighted by Crippen LogP contribution is 2.81. The van der Waals surface area contributed by atoms with Gasteiger partial charge in [0.05, 0.1) is 5.60 Å². The van der Waals surface area contributed by atoms with Crippen LogP contribution < -0.4 is 0 Å². The van der Waals surface area contributed by atoms with Gasteiger partial charge in [0, 0.05) is 0 Å². The normalized spacial score (nSPS) is 58.7. The fraction of sp³-hybridized carbons (Fsp3) is 1.00. The second-order valence-electron chi connectivity index (χ2n) is 7.88. The van der Waals surface area contributed by atoms with E-state index in [2.05, 4.69) is 27.7 Å². The lowest BCUT2D eigenvalue weighted by Gasteiger charge is -2.57. The Morgan fingerprint density at radius 3 is 2.31 bits per heavy atom. The Morgan fingerprint density at radius 1 is 0.938 bits per heavy atom. The summed E-state index contributed by atoms with van der Waals surface area (Å²) in [6.07, 6.45) is 7.67. The third-order valence-corrected chi connectivity index (χ3v) is 6.71. The Kier molecular flexibility index (Phi) is 1.86. The van der Waals surface area contributed by atoms with Crippen molar-refractivity contribution >= 4 is 0 Å². The third-order valence-electron chi connectivity index (χ3n) is 6.71. The first-order valence-corrected chi connectivity index (χ1v) is 6.98. The molecule has 0 radical (unpaired) electrons. The maximum absolute atomic E-state index is 10.6. The molecule has 0 unspecified atom stereocenters. The molecule has 0 aromatic rings. The van der Waals surface area contributed by atoms with Crippen molar-refractivity contribution in [2.24, 2.45) is 22.2 Å². The zero-order chi connectivity index (χ0) is 11.8. The molecule has 0 aromatic heterocycles. The van der Waals surface area contributed by atoms with Crippen molar-refractivity contribution in [1.29, 1.82) is 0 Å². The number of rotatable bonds is 0. The van der Waals surface area contributed by atoms with Gasteiger partial charge in [0.25, 0.3) is 0 Å². The van der Waals surface area contributed by atoms with Crippen LogP contribution in [0.1, 0.15) is 66.2 Å². The molecule has 1 N–H and O–H groups in total. The molecule has 3 saturated carbocycles. The summed E-state index contributed by atoms with van der Waals surface area (Å²) in [7, 11) is 0. The van der Waals surface area contributed by atoms with Gasteiger partial charge in [-0.15, -0.1) is 0 Å². The van der Waals surface area contributed by atoms with Crippen LogP contribution in [0.4, 0.5) is 0 Å². The molecule has 3 fully saturated rings. The first-order valence-electron chi connectivity index (χ1n) is 6.98. The molecule has 3 aliphatic rings. The van der Waals surface area contributed by atoms with E-state index < -0.39 is 0 Å². The van der Waals surface area contributed by atoms with E-state index in [1.54, 1.807) is 0 Å². The van der Waals surface area contributed by atoms with Gasteiger partial charge in [0.15, 0.2) is 0 Å². The minimum Gasteiger partial charge on any atom is -0.390 e. The van der Waals surface area contributed by atoms with E-state index in [1.165, 1.54) is 32.1 Å². The zero-order valence-electron chi connectivity index (χ0n) is 11.3. The lowest BCUT2D eigenvalue weighted by Crippen LogP contribution is -2.52. The van der Waals surface area contributed by atoms with E-state index in [9.17, 15) is 5.11 Å². The Hall–Kier alpha value is -0.0400. The Morgan fingerprint density at radius 2 is 1.62 bits per heavy atom. The minimum atomic E-state index is -0.381. The highest BCUT2D eigenvalue weighted by atomic mass is 16.3. The second kappa shape index (κ2) is 2.68. The largest absolute Gasteiger partial charge is 0.390 e. The molecule has 0 bridgehead atoms. The van der Waals surface area contributed by atoms with Crippen molar-refractivity contribution in [1.82, 2.24) is 0 Å². The first kappa shape index (κ1) is 11.1. The predicted molar refractivity (Wildman–Crippen MR) is 66.1 cm³/mol. The smallest absolute Gasteiger partial charge is 0.0653 e. The molecule has 3 aliphatic carbocycles. The van der Waals surface area contributed by atoms with Gasteiger partial charge in [0.1, 0.15) is 0 Å². The second-order valence-corrected chi connectivity index (χ2v) is 7.88. The summed E-state index contributed by atoms with van der Waals surface area (Å²) in [5, 5.41) is 10.6. The van der Waals surface area contributed by atoms with E-state index in [0.29, 0.717) is 22.2 Å². The highest BCUT2D eigenvalue weighted by molar-refractivity contribution is 5.25. The SMILES string of the molecule is CC1(C)CCC[C@@]2(C)CC[C@](C)(O)[C@@H]3C[C@]312. The first-order chi connectivity index (χ1) is 7.25. The predicted octanol–water partition coefficient (Wildman–Crippen LogP) is 3.75. The van der Waals surface area contributed by atoms with Gasteiger partial charge >= 0.3 is 0 Å². The van der Waals surface area contributed by atoms with Crippen LogP contribution in [-0.4, -0.2) is 10.7 Å². The topological polar surface area (TPSA) is 20.2 Å². The van der Waals surface area contributed by atoms with Crippen LogP contribution in [0.5, 0.6) is 0 Å². The van der Waals surface area contributed by atoms with E-state index in [1.807, 2.05) is 0 Å². The average Bonchev–Trinajstić information content (AvgIpc) is 2.89. The van der Waals surface area contributed by atoms with Crippen LogP contribution in [0.15, 0.2) is 0 Å². The van der Waals surface area contributed by atoms with Crippen molar-refractivity contribution in [3.8, 4) is 0 Å². The van der Waals surface area contributed by atoms with Crippen molar-refractivity contribution in [3.63, 3.8) is 0 Å². The van der Waals surface area contributed by atoms with E-state index in [4.69, 9.17) is 0 Å². The molecule has 0 aromatic carbocycles. The van der Waals surface area contributed by atoms with Gasteiger partial charge in [-0.3, -0.25) is 0 Å². The summed E-state index contributed by atoms with van der Waals surface area (Å²) >= 11 is 0. The number of aliphatic hydroxyl groups is 1. The zero-order valence-corrected chi connectivity index (χ0v) is 11.3. The van der Waals surface area contributed by atoms with Crippen molar-refractivity contribution in [2.45, 2.75) is 71.8 Å². The molecule has 3 rings (SSSR count). The fourth-order valence-corrected chi connectivity index (χ4v) is 5.66. The standard InChI is InChI=1S/C15H26O/c1-12(2)6-5-7-13(3)8-9-14(4,16)11-10-15(11,12)13/h11,16H,5-10H2,1-4H3/t11-,13-,14-,15-/m0/s1. The summed E-state index contributed by atoms with van der Waals surface area (Å²) in [6, 6.07) is 0. The average molecular weight is 222 g/mol. The van der Waals surface area contributed by atoms with Crippen LogP contribution in [0.3, 0.4) is 0 Å². The van der Waals surface area contributed by atoms with Gasteiger partial charge in [-0.1, -0.05) is 27.2 Å². The number of hydrogen-bond donors (Lipinski definition) is 1. The molecule has 1 heteroatoms. The van der Waals surface area contributed by atoms with Crippen LogP contribution in [-0.2, 0) is 0 Å². The molecule has 4 atom stereocenters. The Balaban J connectivity index is 2.05. The van der Waals surface area contributed by atoms with Crippen molar-refractivity contribution in [3.05, 3.63) is 0 Å². The maximum Gasteiger partial charge on any atom is 0.0653 e. The molecule has 0 aliphatic heterocycles. The molecule has 1 spiro atoms. The fourth-order valence-electron chi connectivity index (χ4n) is 5.66.